The number of carbonyl (C=O) groups excluding carboxylic acids is 3. The van der Waals surface area contributed by atoms with Crippen molar-refractivity contribution in [3.63, 3.8) is 0 Å². The molecule has 0 N–H and O–H groups in total. The van der Waals surface area contributed by atoms with Gasteiger partial charge in [0.2, 0.25) is 0 Å². The Balaban J connectivity index is 2.47. The predicted molar refractivity (Wildman–Crippen MR) is 103 cm³/mol. The van der Waals surface area contributed by atoms with E-state index < -0.39 is 42.0 Å². The van der Waals surface area contributed by atoms with Crippen molar-refractivity contribution in [3.05, 3.63) is 41.5 Å². The minimum absolute atomic E-state index is 0.0116. The highest BCUT2D eigenvalue weighted by Gasteiger charge is 2.44. The van der Waals surface area contributed by atoms with Gasteiger partial charge in [0.25, 0.3) is 0 Å². The minimum atomic E-state index is -1.27. The Labute approximate surface area is 165 Å². The van der Waals surface area contributed by atoms with Gasteiger partial charge in [-0.05, 0) is 53.2 Å². The number of benzene rings is 1. The van der Waals surface area contributed by atoms with Crippen LogP contribution in [0.4, 0.5) is 4.79 Å². The standard InChI is InChI=1S/C21H27NO6/c1-20(2,3)27-18(24)16-15(12-14-10-8-7-9-11-14)17(23)26-13-22(16)19(25)28-21(4,5)6/h7-12,16H,13H2,1-6H3/b15-12+/t16-/m0/s1. The highest BCUT2D eigenvalue weighted by molar-refractivity contribution is 6.04. The maximum atomic E-state index is 12.9. The van der Waals surface area contributed by atoms with Crippen molar-refractivity contribution in [1.82, 2.24) is 4.90 Å². The summed E-state index contributed by atoms with van der Waals surface area (Å²) in [5, 5.41) is 0. The first-order chi connectivity index (χ1) is 12.9. The maximum absolute atomic E-state index is 12.9. The number of nitrogens with zero attached hydrogens (tertiary/aromatic N) is 1. The molecule has 0 radical (unpaired) electrons. The van der Waals surface area contributed by atoms with Crippen LogP contribution in [0.3, 0.4) is 0 Å². The fourth-order valence-corrected chi connectivity index (χ4v) is 2.52. The molecule has 152 valence electrons. The average Bonchev–Trinajstić information content (AvgIpc) is 2.54. The fourth-order valence-electron chi connectivity index (χ4n) is 2.52. The summed E-state index contributed by atoms with van der Waals surface area (Å²) in [5.74, 6) is -1.41. The molecule has 7 nitrogen and oxygen atoms in total. The van der Waals surface area contributed by atoms with Gasteiger partial charge in [0.15, 0.2) is 12.8 Å². The van der Waals surface area contributed by atoms with E-state index in [-0.39, 0.29) is 5.57 Å². The van der Waals surface area contributed by atoms with Crippen molar-refractivity contribution < 1.29 is 28.6 Å². The fraction of sp³-hybridized carbons (Fsp3) is 0.476. The van der Waals surface area contributed by atoms with Crippen molar-refractivity contribution >= 4 is 24.1 Å². The number of ether oxygens (including phenoxy) is 3. The summed E-state index contributed by atoms with van der Waals surface area (Å²) >= 11 is 0. The summed E-state index contributed by atoms with van der Waals surface area (Å²) in [4.78, 5) is 39.1. The van der Waals surface area contributed by atoms with Crippen LogP contribution in [0.15, 0.2) is 35.9 Å². The van der Waals surface area contributed by atoms with Crippen molar-refractivity contribution in [1.29, 1.82) is 0 Å². The second kappa shape index (κ2) is 8.04. The molecule has 0 spiro atoms. The topological polar surface area (TPSA) is 82.1 Å². The monoisotopic (exact) mass is 389 g/mol. The van der Waals surface area contributed by atoms with Gasteiger partial charge in [-0.25, -0.2) is 14.4 Å². The van der Waals surface area contributed by atoms with E-state index in [0.29, 0.717) is 5.56 Å². The summed E-state index contributed by atoms with van der Waals surface area (Å²) in [5.41, 5.74) is -0.873. The van der Waals surface area contributed by atoms with E-state index in [1.807, 2.05) is 6.07 Å². The Morgan fingerprint density at radius 1 is 1.04 bits per heavy atom. The summed E-state index contributed by atoms with van der Waals surface area (Å²) < 4.78 is 16.0. The molecule has 0 saturated carbocycles. The number of carbonyl (C=O) groups is 3. The number of cyclic esters (lactones) is 1. The van der Waals surface area contributed by atoms with Crippen molar-refractivity contribution in [2.24, 2.45) is 0 Å². The third-order valence-electron chi connectivity index (χ3n) is 3.56. The zero-order valence-corrected chi connectivity index (χ0v) is 17.1. The van der Waals surface area contributed by atoms with Crippen molar-refractivity contribution in [2.45, 2.75) is 58.8 Å². The number of hydrogen-bond acceptors (Lipinski definition) is 6. The quantitative estimate of drug-likeness (QED) is 0.437. The molecule has 28 heavy (non-hydrogen) atoms. The minimum Gasteiger partial charge on any atom is -0.458 e. The number of amides is 1. The van der Waals surface area contributed by atoms with E-state index in [0.717, 1.165) is 4.90 Å². The van der Waals surface area contributed by atoms with E-state index in [2.05, 4.69) is 0 Å². The molecule has 0 aliphatic carbocycles. The Kier molecular flexibility index (Phi) is 6.17. The molecule has 1 atom stereocenters. The van der Waals surface area contributed by atoms with Crippen LogP contribution in [-0.4, -0.2) is 46.9 Å². The van der Waals surface area contributed by atoms with E-state index in [1.165, 1.54) is 6.08 Å². The third kappa shape index (κ3) is 5.84. The number of hydrogen-bond donors (Lipinski definition) is 0. The van der Waals surface area contributed by atoms with Gasteiger partial charge in [0.05, 0.1) is 5.57 Å². The predicted octanol–water partition coefficient (Wildman–Crippen LogP) is 3.53. The summed E-state index contributed by atoms with van der Waals surface area (Å²) in [6, 6.07) is 7.72. The number of esters is 2. The third-order valence-corrected chi connectivity index (χ3v) is 3.56. The summed E-state index contributed by atoms with van der Waals surface area (Å²) in [6.45, 7) is 9.88. The van der Waals surface area contributed by atoms with Crippen molar-refractivity contribution in [2.75, 3.05) is 6.73 Å². The average molecular weight is 389 g/mol. The van der Waals surface area contributed by atoms with Gasteiger partial charge in [-0.3, -0.25) is 4.90 Å². The molecular weight excluding hydrogens is 362 g/mol. The molecule has 1 aromatic rings. The second-order valence-electron chi connectivity index (χ2n) is 8.46. The van der Waals surface area contributed by atoms with E-state index in [1.54, 1.807) is 65.8 Å². The van der Waals surface area contributed by atoms with Gasteiger partial charge in [-0.2, -0.15) is 0 Å². The first kappa shape index (κ1) is 21.5. The molecule has 1 heterocycles. The zero-order valence-electron chi connectivity index (χ0n) is 17.1. The molecule has 1 saturated heterocycles. The van der Waals surface area contributed by atoms with E-state index in [9.17, 15) is 14.4 Å². The Bertz CT molecular complexity index is 770. The Morgan fingerprint density at radius 2 is 1.61 bits per heavy atom. The molecular formula is C21H27NO6. The number of rotatable bonds is 2. The van der Waals surface area contributed by atoms with Gasteiger partial charge in [0, 0.05) is 0 Å². The van der Waals surface area contributed by atoms with Crippen LogP contribution in [0.2, 0.25) is 0 Å². The summed E-state index contributed by atoms with van der Waals surface area (Å²) in [7, 11) is 0. The van der Waals surface area contributed by atoms with Gasteiger partial charge in [-0.1, -0.05) is 30.3 Å². The van der Waals surface area contributed by atoms with Crippen LogP contribution in [0.1, 0.15) is 47.1 Å². The van der Waals surface area contributed by atoms with E-state index >= 15 is 0 Å². The largest absolute Gasteiger partial charge is 0.458 e. The maximum Gasteiger partial charge on any atom is 0.414 e. The zero-order chi connectivity index (χ0) is 21.1. The van der Waals surface area contributed by atoms with Gasteiger partial charge < -0.3 is 14.2 Å². The van der Waals surface area contributed by atoms with Crippen molar-refractivity contribution in [3.8, 4) is 0 Å². The van der Waals surface area contributed by atoms with Crippen LogP contribution in [0.5, 0.6) is 0 Å². The molecule has 1 fully saturated rings. The highest BCUT2D eigenvalue weighted by atomic mass is 16.6. The molecule has 0 bridgehead atoms. The SMILES string of the molecule is CC(C)(C)OC(=O)[C@@H]1/C(=C\c2ccccc2)C(=O)OCN1C(=O)OC(C)(C)C. The lowest BCUT2D eigenvalue weighted by Crippen LogP contribution is -2.55. The Morgan fingerprint density at radius 3 is 2.14 bits per heavy atom. The lowest BCUT2D eigenvalue weighted by atomic mass is 10.0. The van der Waals surface area contributed by atoms with Crippen LogP contribution in [-0.2, 0) is 23.8 Å². The van der Waals surface area contributed by atoms with Crippen LogP contribution < -0.4 is 0 Å². The van der Waals surface area contributed by atoms with Gasteiger partial charge >= 0.3 is 18.0 Å². The van der Waals surface area contributed by atoms with Crippen LogP contribution in [0.25, 0.3) is 6.08 Å². The molecule has 7 heteroatoms. The van der Waals surface area contributed by atoms with Gasteiger partial charge in [-0.15, -0.1) is 0 Å². The summed E-state index contributed by atoms with van der Waals surface area (Å²) in [6.07, 6.45) is 0.753. The molecule has 1 amide bonds. The molecule has 1 aromatic carbocycles. The Hall–Kier alpha value is -2.83. The lowest BCUT2D eigenvalue weighted by Gasteiger charge is -2.36. The van der Waals surface area contributed by atoms with Crippen LogP contribution >= 0.6 is 0 Å². The smallest absolute Gasteiger partial charge is 0.414 e. The molecule has 0 aromatic heterocycles. The first-order valence-corrected chi connectivity index (χ1v) is 9.04. The first-order valence-electron chi connectivity index (χ1n) is 9.04. The van der Waals surface area contributed by atoms with E-state index in [4.69, 9.17) is 14.2 Å². The lowest BCUT2D eigenvalue weighted by molar-refractivity contribution is -0.169. The molecule has 1 aliphatic rings. The van der Waals surface area contributed by atoms with Gasteiger partial charge in [0.1, 0.15) is 11.2 Å². The van der Waals surface area contributed by atoms with Crippen LogP contribution in [0, 0.1) is 0 Å². The molecule has 2 rings (SSSR count). The normalized spacial score (nSPS) is 19.2. The molecule has 0 unspecified atom stereocenters. The molecule has 1 aliphatic heterocycles. The highest BCUT2D eigenvalue weighted by Crippen LogP contribution is 2.26. The second-order valence-corrected chi connectivity index (χ2v) is 8.46.